The quantitative estimate of drug-likeness (QED) is 0.482. The van der Waals surface area contributed by atoms with Gasteiger partial charge in [0, 0.05) is 0 Å². The van der Waals surface area contributed by atoms with E-state index >= 15 is 0 Å². The molecular formula is C18H32Si2Zr. The van der Waals surface area contributed by atoms with Crippen LogP contribution < -0.4 is 0 Å². The van der Waals surface area contributed by atoms with Crippen molar-refractivity contribution in [3.63, 3.8) is 0 Å². The first-order chi connectivity index (χ1) is 9.42. The summed E-state index contributed by atoms with van der Waals surface area (Å²) in [7, 11) is -2.27. The van der Waals surface area contributed by atoms with Crippen LogP contribution in [0, 0.1) is 0 Å². The molecule has 0 aliphatic heterocycles. The van der Waals surface area contributed by atoms with E-state index < -0.39 is 36.4 Å². The molecule has 0 aromatic carbocycles. The van der Waals surface area contributed by atoms with E-state index in [1.165, 1.54) is 12.8 Å². The fourth-order valence-electron chi connectivity index (χ4n) is 3.17. The van der Waals surface area contributed by atoms with Gasteiger partial charge < -0.3 is 0 Å². The van der Waals surface area contributed by atoms with E-state index in [1.54, 1.807) is 10.4 Å². The van der Waals surface area contributed by atoms with Gasteiger partial charge in [0.25, 0.3) is 0 Å². The Bertz CT molecular complexity index is 511. The third kappa shape index (κ3) is 3.79. The molecule has 0 radical (unpaired) electrons. The van der Waals surface area contributed by atoms with Crippen molar-refractivity contribution < 1.29 is 20.3 Å². The van der Waals surface area contributed by atoms with Crippen LogP contribution >= 0.6 is 0 Å². The molecule has 2 rings (SSSR count). The summed E-state index contributed by atoms with van der Waals surface area (Å²) in [5, 5.41) is 3.39. The van der Waals surface area contributed by atoms with Crippen molar-refractivity contribution in [2.24, 2.45) is 0 Å². The minimum atomic E-state index is -2.25. The Morgan fingerprint density at radius 3 is 1.29 bits per heavy atom. The molecular weight excluding hydrogens is 364 g/mol. The van der Waals surface area contributed by atoms with Crippen LogP contribution in [-0.2, 0) is 20.3 Å². The van der Waals surface area contributed by atoms with E-state index in [-0.39, 0.29) is 0 Å². The molecule has 0 saturated carbocycles. The van der Waals surface area contributed by atoms with Crippen LogP contribution in [0.1, 0.15) is 12.8 Å². The number of allylic oxidation sites excluding steroid dienone is 8. The van der Waals surface area contributed by atoms with Crippen molar-refractivity contribution in [3.8, 4) is 0 Å². The van der Waals surface area contributed by atoms with Gasteiger partial charge in [-0.3, -0.25) is 0 Å². The molecule has 0 N–H and O–H groups in total. The number of rotatable bonds is 4. The van der Waals surface area contributed by atoms with E-state index in [9.17, 15) is 0 Å². The SMILES string of the molecule is C[Si](C)(C)C1=CC[C]([Zr]([CH3])([CH3])[C]2=CC([Si](C)(C)C)=CC2)=C1. The van der Waals surface area contributed by atoms with Gasteiger partial charge in [0.2, 0.25) is 0 Å². The zero-order valence-electron chi connectivity index (χ0n) is 15.2. The predicted molar refractivity (Wildman–Crippen MR) is 100.0 cm³/mol. The second-order valence-corrected chi connectivity index (χ2v) is 30.5. The van der Waals surface area contributed by atoms with Gasteiger partial charge in [0.1, 0.15) is 0 Å². The molecule has 2 aliphatic rings. The summed E-state index contributed by atoms with van der Waals surface area (Å²) >= 11 is -2.25. The van der Waals surface area contributed by atoms with Crippen LogP contribution in [0.3, 0.4) is 0 Å². The van der Waals surface area contributed by atoms with Crippen LogP contribution in [0.15, 0.2) is 41.3 Å². The van der Waals surface area contributed by atoms with Crippen LogP contribution in [0.5, 0.6) is 0 Å². The maximum absolute atomic E-state index is 2.63. The van der Waals surface area contributed by atoms with E-state index in [0.29, 0.717) is 0 Å². The van der Waals surface area contributed by atoms with Gasteiger partial charge in [-0.1, -0.05) is 0 Å². The first-order valence-corrected chi connectivity index (χ1v) is 22.6. The minimum absolute atomic E-state index is 1.14. The van der Waals surface area contributed by atoms with Gasteiger partial charge in [0.05, 0.1) is 0 Å². The van der Waals surface area contributed by atoms with Gasteiger partial charge in [-0.05, 0) is 0 Å². The van der Waals surface area contributed by atoms with Crippen molar-refractivity contribution in [1.29, 1.82) is 0 Å². The van der Waals surface area contributed by atoms with Crippen LogP contribution in [-0.4, -0.2) is 16.1 Å². The summed E-state index contributed by atoms with van der Waals surface area (Å²) in [6.45, 7) is 14.8. The van der Waals surface area contributed by atoms with Gasteiger partial charge in [-0.25, -0.2) is 0 Å². The van der Waals surface area contributed by atoms with Crippen LogP contribution in [0.2, 0.25) is 48.5 Å². The molecule has 0 bridgehead atoms. The van der Waals surface area contributed by atoms with E-state index in [1.807, 2.05) is 6.56 Å². The molecule has 0 nitrogen and oxygen atoms in total. The number of hydrogen-bond acceptors (Lipinski definition) is 0. The standard InChI is InChI=1S/2C8H13Si.2CH3.Zr/c2*1-9(2,3)8-6-4-5-7-8;;;/h2*6-7H,4H2,1-3H3;2*1H3;. The monoisotopic (exact) mass is 394 g/mol. The molecule has 0 heterocycles. The molecule has 21 heavy (non-hydrogen) atoms. The Morgan fingerprint density at radius 1 is 0.714 bits per heavy atom. The first kappa shape index (κ1) is 17.6. The molecule has 0 aromatic heterocycles. The Labute approximate surface area is 138 Å². The topological polar surface area (TPSA) is 0 Å². The third-order valence-corrected chi connectivity index (χ3v) is 18.8. The number of hydrogen-bond donors (Lipinski definition) is 0. The van der Waals surface area contributed by atoms with E-state index in [4.69, 9.17) is 0 Å². The molecule has 0 amide bonds. The third-order valence-electron chi connectivity index (χ3n) is 5.08. The molecule has 2 aliphatic carbocycles. The summed E-state index contributed by atoms with van der Waals surface area (Å²) in [6, 6.07) is 0. The second-order valence-electron chi connectivity index (χ2n) is 9.19. The average Bonchev–Trinajstić information content (AvgIpc) is 2.97. The van der Waals surface area contributed by atoms with Crippen molar-refractivity contribution in [1.82, 2.24) is 0 Å². The van der Waals surface area contributed by atoms with Gasteiger partial charge >= 0.3 is 139 Å². The molecule has 0 saturated heterocycles. The van der Waals surface area contributed by atoms with Crippen molar-refractivity contribution in [2.75, 3.05) is 0 Å². The Kier molecular flexibility index (Phi) is 4.81. The molecule has 3 heteroatoms. The van der Waals surface area contributed by atoms with E-state index in [0.717, 1.165) is 0 Å². The van der Waals surface area contributed by atoms with Crippen LogP contribution in [0.25, 0.3) is 0 Å². The molecule has 0 unspecified atom stereocenters. The maximum atomic E-state index is 2.63. The van der Waals surface area contributed by atoms with Crippen molar-refractivity contribution >= 4 is 16.1 Å². The van der Waals surface area contributed by atoms with Gasteiger partial charge in [-0.2, -0.15) is 0 Å². The summed E-state index contributed by atoms with van der Waals surface area (Å²) in [6.07, 6.45) is 12.8. The van der Waals surface area contributed by atoms with E-state index in [2.05, 4.69) is 72.8 Å². The van der Waals surface area contributed by atoms with Gasteiger partial charge in [0.15, 0.2) is 0 Å². The molecule has 0 fully saturated rings. The molecule has 0 spiro atoms. The Hall–Kier alpha value is 0.277. The zero-order valence-corrected chi connectivity index (χ0v) is 19.7. The summed E-state index contributed by atoms with van der Waals surface area (Å²) in [5.41, 5.74) is 0. The first-order valence-electron chi connectivity index (χ1n) is 8.26. The normalized spacial score (nSPS) is 20.2. The zero-order chi connectivity index (χ0) is 16.1. The predicted octanol–water partition coefficient (Wildman–Crippen LogP) is 6.42. The summed E-state index contributed by atoms with van der Waals surface area (Å²) in [5.74, 6) is 0. The fraction of sp³-hybridized carbons (Fsp3) is 0.556. The van der Waals surface area contributed by atoms with Crippen molar-refractivity contribution in [3.05, 3.63) is 41.3 Å². The molecule has 0 aromatic rings. The fourth-order valence-corrected chi connectivity index (χ4v) is 13.1. The average molecular weight is 396 g/mol. The van der Waals surface area contributed by atoms with Crippen LogP contribution in [0.4, 0.5) is 0 Å². The Balaban J connectivity index is 2.23. The summed E-state index contributed by atoms with van der Waals surface area (Å²) in [4.78, 5) is 0. The molecule has 0 atom stereocenters. The Morgan fingerprint density at radius 2 is 1.05 bits per heavy atom. The second kappa shape index (κ2) is 5.73. The van der Waals surface area contributed by atoms with Crippen molar-refractivity contribution in [2.45, 2.75) is 61.4 Å². The summed E-state index contributed by atoms with van der Waals surface area (Å²) < 4.78 is 8.93. The van der Waals surface area contributed by atoms with Gasteiger partial charge in [-0.15, -0.1) is 0 Å². The molecule has 116 valence electrons.